The lowest BCUT2D eigenvalue weighted by Gasteiger charge is -2.38. The molecule has 1 rings (SSSR count). The van der Waals surface area contributed by atoms with Crippen LogP contribution in [0.4, 0.5) is 4.79 Å². The van der Waals surface area contributed by atoms with Crippen LogP contribution in [0.1, 0.15) is 40.5 Å². The predicted octanol–water partition coefficient (Wildman–Crippen LogP) is 1.19. The predicted molar refractivity (Wildman–Crippen MR) is 77.2 cm³/mol. The molecule has 2 atom stereocenters. The topological polar surface area (TPSA) is 75.9 Å². The monoisotopic (exact) mass is 285 g/mol. The Morgan fingerprint density at radius 3 is 2.50 bits per heavy atom. The van der Waals surface area contributed by atoms with Crippen LogP contribution < -0.4 is 5.73 Å². The van der Waals surface area contributed by atoms with E-state index in [0.29, 0.717) is 13.1 Å². The minimum atomic E-state index is -0.517. The maximum Gasteiger partial charge on any atom is 0.410 e. The van der Waals surface area contributed by atoms with E-state index in [2.05, 4.69) is 0 Å². The Kier molecular flexibility index (Phi) is 5.39. The second-order valence-electron chi connectivity index (χ2n) is 6.46. The van der Waals surface area contributed by atoms with Crippen LogP contribution in [0.2, 0.25) is 0 Å². The molecule has 1 aliphatic rings. The summed E-state index contributed by atoms with van der Waals surface area (Å²) in [5.41, 5.74) is 5.12. The molecule has 6 heteroatoms. The quantitative estimate of drug-likeness (QED) is 0.827. The minimum Gasteiger partial charge on any atom is -0.444 e. The van der Waals surface area contributed by atoms with E-state index in [4.69, 9.17) is 10.5 Å². The third kappa shape index (κ3) is 4.67. The largest absolute Gasteiger partial charge is 0.444 e. The molecule has 0 aromatic rings. The normalized spacial score (nSPS) is 21.3. The molecule has 0 saturated carbocycles. The van der Waals surface area contributed by atoms with Crippen LogP contribution in [0.3, 0.4) is 0 Å². The smallest absolute Gasteiger partial charge is 0.410 e. The first-order chi connectivity index (χ1) is 9.11. The zero-order chi connectivity index (χ0) is 15.5. The van der Waals surface area contributed by atoms with E-state index in [1.165, 1.54) is 0 Å². The van der Waals surface area contributed by atoms with E-state index in [0.717, 1.165) is 12.8 Å². The first-order valence-electron chi connectivity index (χ1n) is 7.12. The highest BCUT2D eigenvalue weighted by Crippen LogP contribution is 2.18. The number of rotatable bonds is 2. The molecule has 0 aromatic carbocycles. The number of hydrogen-bond donors (Lipinski definition) is 1. The number of nitrogens with zero attached hydrogens (tertiary/aromatic N) is 2. The van der Waals surface area contributed by atoms with E-state index in [-0.39, 0.29) is 18.0 Å². The van der Waals surface area contributed by atoms with Crippen molar-refractivity contribution in [3.05, 3.63) is 0 Å². The Bertz CT molecular complexity index is 363. The zero-order valence-electron chi connectivity index (χ0n) is 13.2. The fourth-order valence-electron chi connectivity index (χ4n) is 2.26. The molecule has 6 nitrogen and oxygen atoms in total. The van der Waals surface area contributed by atoms with Gasteiger partial charge in [0.05, 0.1) is 6.04 Å². The lowest BCUT2D eigenvalue weighted by molar-refractivity contribution is -0.134. The van der Waals surface area contributed by atoms with Gasteiger partial charge in [-0.05, 0) is 40.5 Å². The summed E-state index contributed by atoms with van der Waals surface area (Å²) in [5, 5.41) is 0. The van der Waals surface area contributed by atoms with Crippen molar-refractivity contribution in [3.63, 3.8) is 0 Å². The molecular formula is C14H27N3O3. The molecule has 116 valence electrons. The molecule has 1 aliphatic heterocycles. The summed E-state index contributed by atoms with van der Waals surface area (Å²) in [7, 11) is 1.74. The fraction of sp³-hybridized carbons (Fsp3) is 0.857. The molecule has 0 aromatic heterocycles. The number of likely N-dealkylation sites (N-methyl/N-ethyl adjacent to an activating group) is 1. The average Bonchev–Trinajstić information content (AvgIpc) is 2.35. The number of carbonyl (C=O) groups is 2. The summed E-state index contributed by atoms with van der Waals surface area (Å²) in [6, 6.07) is -0.508. The van der Waals surface area contributed by atoms with Crippen molar-refractivity contribution in [2.24, 2.45) is 5.73 Å². The maximum absolute atomic E-state index is 12.1. The molecule has 2 amide bonds. The highest BCUT2D eigenvalue weighted by Gasteiger charge is 2.31. The number of carbonyl (C=O) groups excluding carboxylic acids is 2. The van der Waals surface area contributed by atoms with Crippen molar-refractivity contribution in [2.75, 3.05) is 20.1 Å². The Balaban J connectivity index is 2.63. The Morgan fingerprint density at radius 2 is 2.00 bits per heavy atom. The van der Waals surface area contributed by atoms with Crippen LogP contribution in [0, 0.1) is 0 Å². The lowest BCUT2D eigenvalue weighted by atomic mass is 10.0. The molecule has 0 bridgehead atoms. The van der Waals surface area contributed by atoms with Crippen LogP contribution >= 0.6 is 0 Å². The van der Waals surface area contributed by atoms with Gasteiger partial charge in [0.25, 0.3) is 0 Å². The average molecular weight is 285 g/mol. The van der Waals surface area contributed by atoms with Crippen molar-refractivity contribution < 1.29 is 14.3 Å². The summed E-state index contributed by atoms with van der Waals surface area (Å²) in [6.45, 7) is 8.39. The first-order valence-corrected chi connectivity index (χ1v) is 7.12. The van der Waals surface area contributed by atoms with Crippen LogP contribution in [0.25, 0.3) is 0 Å². The Labute approximate surface area is 121 Å². The van der Waals surface area contributed by atoms with Crippen molar-refractivity contribution in [3.8, 4) is 0 Å². The summed E-state index contributed by atoms with van der Waals surface area (Å²) in [6.07, 6.45) is 1.43. The van der Waals surface area contributed by atoms with Crippen LogP contribution in [0.15, 0.2) is 0 Å². The van der Waals surface area contributed by atoms with Gasteiger partial charge in [0.2, 0.25) is 5.91 Å². The van der Waals surface area contributed by atoms with Gasteiger partial charge in [0.1, 0.15) is 5.60 Å². The van der Waals surface area contributed by atoms with Gasteiger partial charge >= 0.3 is 6.09 Å². The van der Waals surface area contributed by atoms with Crippen molar-refractivity contribution >= 4 is 12.0 Å². The highest BCUT2D eigenvalue weighted by atomic mass is 16.6. The second-order valence-corrected chi connectivity index (χ2v) is 6.46. The van der Waals surface area contributed by atoms with Crippen LogP contribution in [0.5, 0.6) is 0 Å². The number of piperidine rings is 1. The minimum absolute atomic E-state index is 0.00904. The number of ether oxygens (including phenoxy) is 1. The van der Waals surface area contributed by atoms with Gasteiger partial charge in [-0.2, -0.15) is 0 Å². The molecular weight excluding hydrogens is 258 g/mol. The van der Waals surface area contributed by atoms with Crippen molar-refractivity contribution in [2.45, 2.75) is 58.2 Å². The molecule has 1 heterocycles. The first kappa shape index (κ1) is 16.8. The summed E-state index contributed by atoms with van der Waals surface area (Å²) in [4.78, 5) is 27.3. The third-order valence-electron chi connectivity index (χ3n) is 3.33. The highest BCUT2D eigenvalue weighted by molar-refractivity contribution is 5.81. The molecule has 0 radical (unpaired) electrons. The molecule has 0 aliphatic carbocycles. The molecule has 1 fully saturated rings. The third-order valence-corrected chi connectivity index (χ3v) is 3.33. The second kappa shape index (κ2) is 6.43. The summed E-state index contributed by atoms with van der Waals surface area (Å²) < 4.78 is 5.37. The standard InChI is InChI=1S/C14H27N3O3/c1-10(15)12(18)16(5)11-7-6-8-17(9-11)13(19)20-14(2,3)4/h10-11H,6-9,15H2,1-5H3/t10-,11+/m0/s1. The van der Waals surface area contributed by atoms with Crippen LogP contribution in [-0.4, -0.2) is 59.6 Å². The van der Waals surface area contributed by atoms with Gasteiger partial charge < -0.3 is 20.3 Å². The summed E-state index contributed by atoms with van der Waals surface area (Å²) >= 11 is 0. The number of hydrogen-bond acceptors (Lipinski definition) is 4. The number of amides is 2. The van der Waals surface area contributed by atoms with E-state index < -0.39 is 11.6 Å². The van der Waals surface area contributed by atoms with Gasteiger partial charge in [-0.25, -0.2) is 4.79 Å². The van der Waals surface area contributed by atoms with Gasteiger partial charge in [-0.3, -0.25) is 4.79 Å². The van der Waals surface area contributed by atoms with Crippen LogP contribution in [-0.2, 0) is 9.53 Å². The van der Waals surface area contributed by atoms with E-state index in [9.17, 15) is 9.59 Å². The molecule has 20 heavy (non-hydrogen) atoms. The fourth-order valence-corrected chi connectivity index (χ4v) is 2.26. The van der Waals surface area contributed by atoms with E-state index >= 15 is 0 Å². The van der Waals surface area contributed by atoms with Gasteiger partial charge in [0.15, 0.2) is 0 Å². The van der Waals surface area contributed by atoms with Gasteiger partial charge in [-0.1, -0.05) is 0 Å². The lowest BCUT2D eigenvalue weighted by Crippen LogP contribution is -2.53. The van der Waals surface area contributed by atoms with Crippen molar-refractivity contribution in [1.29, 1.82) is 0 Å². The van der Waals surface area contributed by atoms with Crippen molar-refractivity contribution in [1.82, 2.24) is 9.80 Å². The molecule has 1 saturated heterocycles. The molecule has 2 N–H and O–H groups in total. The molecule has 0 unspecified atom stereocenters. The maximum atomic E-state index is 12.1. The Hall–Kier alpha value is -1.30. The summed E-state index contributed by atoms with van der Waals surface area (Å²) in [5.74, 6) is -0.0963. The van der Waals surface area contributed by atoms with E-state index in [1.807, 2.05) is 20.8 Å². The number of nitrogens with two attached hydrogens (primary N) is 1. The number of likely N-dealkylation sites (tertiary alicyclic amines) is 1. The Morgan fingerprint density at radius 1 is 1.40 bits per heavy atom. The SMILES string of the molecule is C[C@H](N)C(=O)N(C)[C@@H]1CCCN(C(=O)OC(C)(C)C)C1. The van der Waals surface area contributed by atoms with Gasteiger partial charge in [-0.15, -0.1) is 0 Å². The molecule has 0 spiro atoms. The van der Waals surface area contributed by atoms with E-state index in [1.54, 1.807) is 23.8 Å². The van der Waals surface area contributed by atoms with Gasteiger partial charge in [0, 0.05) is 26.2 Å². The zero-order valence-corrected chi connectivity index (χ0v) is 13.2.